The van der Waals surface area contributed by atoms with Crippen molar-refractivity contribution in [3.05, 3.63) is 29.6 Å². The summed E-state index contributed by atoms with van der Waals surface area (Å²) in [6.07, 6.45) is 0. The molecule has 0 bridgehead atoms. The number of carbonyl (C=O) groups is 2. The number of hydrogen-bond acceptors (Lipinski definition) is 3. The van der Waals surface area contributed by atoms with Crippen LogP contribution in [0.25, 0.3) is 0 Å². The molecular weight excluding hydrogens is 203 g/mol. The van der Waals surface area contributed by atoms with E-state index in [-0.39, 0.29) is 11.3 Å². The first kappa shape index (κ1) is 10.7. The number of hydrogen-bond donors (Lipinski definition) is 2. The van der Waals surface area contributed by atoms with Crippen LogP contribution in [0.5, 0.6) is 0 Å². The third-order valence-corrected chi connectivity index (χ3v) is 1.54. The number of carboxylic acid groups (broad SMARTS) is 1. The normalized spacial score (nSPS) is 9.07. The van der Waals surface area contributed by atoms with Gasteiger partial charge in [0.05, 0.1) is 5.56 Å². The summed E-state index contributed by atoms with van der Waals surface area (Å²) in [5.74, 6) is -3.63. The summed E-state index contributed by atoms with van der Waals surface area (Å²) in [5, 5.41) is 18.7. The van der Waals surface area contributed by atoms with E-state index in [2.05, 4.69) is 0 Å². The third-order valence-electron chi connectivity index (χ3n) is 1.54. The first-order valence-corrected chi connectivity index (χ1v) is 3.78. The number of nitrogens with zero attached hydrogens (tertiary/aromatic N) is 1. The number of carbonyl (C=O) groups excluding carboxylic acids is 1. The zero-order chi connectivity index (χ0) is 11.4. The summed E-state index contributed by atoms with van der Waals surface area (Å²) < 4.78 is 12.8. The molecule has 0 saturated heterocycles. The predicted molar refractivity (Wildman–Crippen MR) is 47.4 cm³/mol. The van der Waals surface area contributed by atoms with Crippen LogP contribution in [-0.4, -0.2) is 17.0 Å². The molecule has 1 aromatic rings. The molecule has 0 spiro atoms. The Morgan fingerprint density at radius 2 is 2.13 bits per heavy atom. The topological polar surface area (TPSA) is 90.2 Å². The number of rotatable bonds is 1. The maximum atomic E-state index is 12.8. The minimum atomic E-state index is -1.65. The van der Waals surface area contributed by atoms with E-state index in [9.17, 15) is 14.0 Å². The molecule has 0 unspecified atom stereocenters. The number of nitrogens with one attached hydrogen (secondary N) is 1. The lowest BCUT2D eigenvalue weighted by Gasteiger charge is -2.02. The van der Waals surface area contributed by atoms with Crippen LogP contribution in [0.4, 0.5) is 10.1 Å². The smallest absolute Gasteiger partial charge is 0.394 e. The lowest BCUT2D eigenvalue weighted by molar-refractivity contribution is -0.147. The Labute approximate surface area is 83.8 Å². The summed E-state index contributed by atoms with van der Waals surface area (Å²) in [7, 11) is 0. The Bertz CT molecular complexity index is 465. The molecule has 0 heterocycles. The van der Waals surface area contributed by atoms with Crippen molar-refractivity contribution in [3.63, 3.8) is 0 Å². The quantitative estimate of drug-likeness (QED) is 0.665. The van der Waals surface area contributed by atoms with E-state index < -0.39 is 17.7 Å². The Kier molecular flexibility index (Phi) is 2.98. The number of benzene rings is 1. The largest absolute Gasteiger partial charge is 0.474 e. The second kappa shape index (κ2) is 4.19. The number of anilines is 1. The maximum absolute atomic E-state index is 12.8. The SMILES string of the molecule is N#Cc1cc(NC(=O)C(=O)O)ccc1F. The van der Waals surface area contributed by atoms with Gasteiger partial charge in [0.25, 0.3) is 0 Å². The van der Waals surface area contributed by atoms with Crippen LogP contribution >= 0.6 is 0 Å². The highest BCUT2D eigenvalue weighted by atomic mass is 19.1. The molecule has 0 aliphatic carbocycles. The van der Waals surface area contributed by atoms with Gasteiger partial charge in [0, 0.05) is 5.69 Å². The van der Waals surface area contributed by atoms with E-state index in [0.29, 0.717) is 0 Å². The first-order chi connectivity index (χ1) is 7.04. The minimum Gasteiger partial charge on any atom is -0.474 e. The first-order valence-electron chi connectivity index (χ1n) is 3.78. The molecule has 6 heteroatoms. The van der Waals surface area contributed by atoms with Gasteiger partial charge in [-0.15, -0.1) is 0 Å². The number of aliphatic carboxylic acids is 1. The standard InChI is InChI=1S/C9H5FN2O3/c10-7-2-1-6(3-5(7)4-11)12-8(13)9(14)15/h1-3H,(H,12,13)(H,14,15). The van der Waals surface area contributed by atoms with Gasteiger partial charge in [-0.25, -0.2) is 9.18 Å². The van der Waals surface area contributed by atoms with Crippen LogP contribution in [-0.2, 0) is 9.59 Å². The fourth-order valence-corrected chi connectivity index (χ4v) is 0.873. The average Bonchev–Trinajstić information content (AvgIpc) is 2.20. The second-order valence-corrected chi connectivity index (χ2v) is 2.57. The fraction of sp³-hybridized carbons (Fsp3) is 0. The molecule has 1 rings (SSSR count). The highest BCUT2D eigenvalue weighted by Crippen LogP contribution is 2.13. The molecule has 1 aromatic carbocycles. The summed E-state index contributed by atoms with van der Waals surface area (Å²) in [4.78, 5) is 20.9. The van der Waals surface area contributed by atoms with E-state index in [1.54, 1.807) is 6.07 Å². The van der Waals surface area contributed by atoms with Crippen molar-refractivity contribution in [1.29, 1.82) is 5.26 Å². The van der Waals surface area contributed by atoms with Crippen molar-refractivity contribution in [2.75, 3.05) is 5.32 Å². The molecule has 0 saturated carbocycles. The highest BCUT2D eigenvalue weighted by molar-refractivity contribution is 6.36. The summed E-state index contributed by atoms with van der Waals surface area (Å²) in [5.41, 5.74) is -0.210. The van der Waals surface area contributed by atoms with E-state index in [1.807, 2.05) is 5.32 Å². The van der Waals surface area contributed by atoms with Gasteiger partial charge in [0.15, 0.2) is 0 Å². The van der Waals surface area contributed by atoms with Gasteiger partial charge >= 0.3 is 11.9 Å². The van der Waals surface area contributed by atoms with Crippen molar-refractivity contribution < 1.29 is 19.1 Å². The molecule has 0 radical (unpaired) electrons. The van der Waals surface area contributed by atoms with Gasteiger partial charge in [-0.1, -0.05) is 0 Å². The van der Waals surface area contributed by atoms with Crippen LogP contribution < -0.4 is 5.32 Å². The molecule has 0 aromatic heterocycles. The molecule has 2 N–H and O–H groups in total. The van der Waals surface area contributed by atoms with Crippen molar-refractivity contribution in [2.24, 2.45) is 0 Å². The number of carboxylic acids is 1. The van der Waals surface area contributed by atoms with E-state index in [4.69, 9.17) is 10.4 Å². The fourth-order valence-electron chi connectivity index (χ4n) is 0.873. The summed E-state index contributed by atoms with van der Waals surface area (Å²) in [6, 6.07) is 4.75. The number of amides is 1. The van der Waals surface area contributed by atoms with Crippen molar-refractivity contribution in [2.45, 2.75) is 0 Å². The molecule has 76 valence electrons. The third kappa shape index (κ3) is 2.51. The van der Waals surface area contributed by atoms with Gasteiger partial charge in [0.1, 0.15) is 11.9 Å². The highest BCUT2D eigenvalue weighted by Gasteiger charge is 2.12. The lowest BCUT2D eigenvalue weighted by atomic mass is 10.2. The van der Waals surface area contributed by atoms with Crippen molar-refractivity contribution >= 4 is 17.6 Å². The van der Waals surface area contributed by atoms with Gasteiger partial charge in [-0.05, 0) is 18.2 Å². The monoisotopic (exact) mass is 208 g/mol. The van der Waals surface area contributed by atoms with Crippen LogP contribution in [0.3, 0.4) is 0 Å². The van der Waals surface area contributed by atoms with Crippen LogP contribution in [0.15, 0.2) is 18.2 Å². The Morgan fingerprint density at radius 1 is 1.47 bits per heavy atom. The molecule has 0 atom stereocenters. The van der Waals surface area contributed by atoms with Crippen molar-refractivity contribution in [3.8, 4) is 6.07 Å². The van der Waals surface area contributed by atoms with E-state index >= 15 is 0 Å². The van der Waals surface area contributed by atoms with E-state index in [1.165, 1.54) is 0 Å². The zero-order valence-corrected chi connectivity index (χ0v) is 7.32. The van der Waals surface area contributed by atoms with Crippen LogP contribution in [0, 0.1) is 17.1 Å². The molecule has 0 fully saturated rings. The minimum absolute atomic E-state index is 0.0559. The summed E-state index contributed by atoms with van der Waals surface area (Å²) in [6.45, 7) is 0. The van der Waals surface area contributed by atoms with Gasteiger partial charge < -0.3 is 10.4 Å². The maximum Gasteiger partial charge on any atom is 0.394 e. The Morgan fingerprint density at radius 3 is 2.67 bits per heavy atom. The molecule has 15 heavy (non-hydrogen) atoms. The van der Waals surface area contributed by atoms with Crippen molar-refractivity contribution in [1.82, 2.24) is 0 Å². The lowest BCUT2D eigenvalue weighted by Crippen LogP contribution is -2.21. The number of halogens is 1. The summed E-state index contributed by atoms with van der Waals surface area (Å²) >= 11 is 0. The Hall–Kier alpha value is -2.42. The van der Waals surface area contributed by atoms with Gasteiger partial charge in [-0.2, -0.15) is 5.26 Å². The number of nitriles is 1. The second-order valence-electron chi connectivity index (χ2n) is 2.57. The molecule has 0 aliphatic heterocycles. The molecular formula is C9H5FN2O3. The van der Waals surface area contributed by atoms with E-state index in [0.717, 1.165) is 18.2 Å². The van der Waals surface area contributed by atoms with Gasteiger partial charge in [-0.3, -0.25) is 4.79 Å². The van der Waals surface area contributed by atoms with Gasteiger partial charge in [0.2, 0.25) is 0 Å². The molecule has 1 amide bonds. The van der Waals surface area contributed by atoms with Crippen LogP contribution in [0.1, 0.15) is 5.56 Å². The zero-order valence-electron chi connectivity index (χ0n) is 7.32. The average molecular weight is 208 g/mol. The Balaban J connectivity index is 2.94. The molecule has 0 aliphatic rings. The predicted octanol–water partition coefficient (Wildman–Crippen LogP) is 0.720. The van der Waals surface area contributed by atoms with Crippen LogP contribution in [0.2, 0.25) is 0 Å². The molecule has 5 nitrogen and oxygen atoms in total.